The van der Waals surface area contributed by atoms with Gasteiger partial charge in [-0.2, -0.15) is 0 Å². The van der Waals surface area contributed by atoms with Gasteiger partial charge in [0.25, 0.3) is 0 Å². The molecule has 0 bridgehead atoms. The molecule has 80 valence electrons. The highest BCUT2D eigenvalue weighted by Crippen LogP contribution is 2.10. The smallest absolute Gasteiger partial charge is 0.333 e. The minimum Gasteiger partial charge on any atom is -0.459 e. The molecule has 0 aromatic carbocycles. The van der Waals surface area contributed by atoms with Crippen molar-refractivity contribution in [1.29, 1.82) is 0 Å². The molecule has 3 heteroatoms. The standard InChI is InChI=1S/C11H18O3/c1-3-4-5-6-9(2)11(12)14-8-10-7-13-10/h6,10H,3-5,7-8H2,1-2H3. The first-order valence-corrected chi connectivity index (χ1v) is 5.19. The number of esters is 1. The lowest BCUT2D eigenvalue weighted by molar-refractivity contribution is -0.139. The molecule has 1 fully saturated rings. The van der Waals surface area contributed by atoms with Crippen LogP contribution in [0.3, 0.4) is 0 Å². The Morgan fingerprint density at radius 2 is 2.36 bits per heavy atom. The molecule has 1 unspecified atom stereocenters. The summed E-state index contributed by atoms with van der Waals surface area (Å²) < 4.78 is 9.97. The molecule has 0 spiro atoms. The van der Waals surface area contributed by atoms with Gasteiger partial charge in [0.15, 0.2) is 0 Å². The lowest BCUT2D eigenvalue weighted by Gasteiger charge is -2.02. The second-order valence-corrected chi connectivity index (χ2v) is 3.58. The largest absolute Gasteiger partial charge is 0.459 e. The van der Waals surface area contributed by atoms with E-state index in [1.165, 1.54) is 0 Å². The van der Waals surface area contributed by atoms with Gasteiger partial charge in [0.1, 0.15) is 12.7 Å². The van der Waals surface area contributed by atoms with Crippen molar-refractivity contribution >= 4 is 5.97 Å². The average molecular weight is 198 g/mol. The van der Waals surface area contributed by atoms with Crippen molar-refractivity contribution in [2.45, 2.75) is 39.2 Å². The van der Waals surface area contributed by atoms with Crippen LogP contribution in [-0.4, -0.2) is 25.3 Å². The molecule has 0 radical (unpaired) electrons. The monoisotopic (exact) mass is 198 g/mol. The third-order valence-electron chi connectivity index (χ3n) is 2.13. The molecule has 1 aliphatic rings. The zero-order valence-corrected chi connectivity index (χ0v) is 8.91. The maximum Gasteiger partial charge on any atom is 0.333 e. The number of rotatable bonds is 6. The van der Waals surface area contributed by atoms with E-state index in [-0.39, 0.29) is 12.1 Å². The Labute approximate surface area is 85.1 Å². The first-order chi connectivity index (χ1) is 6.74. The van der Waals surface area contributed by atoms with Crippen LogP contribution in [-0.2, 0) is 14.3 Å². The van der Waals surface area contributed by atoms with Gasteiger partial charge < -0.3 is 9.47 Å². The fraction of sp³-hybridized carbons (Fsp3) is 0.727. The second-order valence-electron chi connectivity index (χ2n) is 3.58. The van der Waals surface area contributed by atoms with Gasteiger partial charge in [-0.15, -0.1) is 0 Å². The highest BCUT2D eigenvalue weighted by atomic mass is 16.6. The van der Waals surface area contributed by atoms with E-state index < -0.39 is 0 Å². The summed E-state index contributed by atoms with van der Waals surface area (Å²) in [4.78, 5) is 11.3. The van der Waals surface area contributed by atoms with Crippen LogP contribution < -0.4 is 0 Å². The van der Waals surface area contributed by atoms with Crippen LogP contribution >= 0.6 is 0 Å². The summed E-state index contributed by atoms with van der Waals surface area (Å²) in [6.45, 7) is 5.06. The number of ether oxygens (including phenoxy) is 2. The predicted octanol–water partition coefficient (Wildman–Crippen LogP) is 2.06. The normalized spacial score (nSPS) is 20.7. The topological polar surface area (TPSA) is 38.8 Å². The van der Waals surface area contributed by atoms with Crippen molar-refractivity contribution in [2.75, 3.05) is 13.2 Å². The Morgan fingerprint density at radius 1 is 1.64 bits per heavy atom. The van der Waals surface area contributed by atoms with Gasteiger partial charge in [0, 0.05) is 5.57 Å². The van der Waals surface area contributed by atoms with Crippen LogP contribution in [0.4, 0.5) is 0 Å². The van der Waals surface area contributed by atoms with Crippen LogP contribution in [0.5, 0.6) is 0 Å². The molecule has 0 aromatic rings. The van der Waals surface area contributed by atoms with Gasteiger partial charge in [-0.1, -0.05) is 25.8 Å². The highest BCUT2D eigenvalue weighted by Gasteiger charge is 2.24. The summed E-state index contributed by atoms with van der Waals surface area (Å²) in [6.07, 6.45) is 5.32. The molecule has 0 amide bonds. The zero-order valence-electron chi connectivity index (χ0n) is 8.91. The molecule has 1 saturated heterocycles. The van der Waals surface area contributed by atoms with E-state index >= 15 is 0 Å². The molecule has 0 N–H and O–H groups in total. The Hall–Kier alpha value is -0.830. The number of carbonyl (C=O) groups excluding carboxylic acids is 1. The Bertz CT molecular complexity index is 217. The minimum absolute atomic E-state index is 0.155. The lowest BCUT2D eigenvalue weighted by Crippen LogP contribution is -2.10. The van der Waals surface area contributed by atoms with Crippen LogP contribution in [0.2, 0.25) is 0 Å². The van der Waals surface area contributed by atoms with E-state index in [4.69, 9.17) is 9.47 Å². The fourth-order valence-corrected chi connectivity index (χ4v) is 1.05. The molecule has 1 atom stereocenters. The Morgan fingerprint density at radius 3 is 2.93 bits per heavy atom. The Kier molecular flexibility index (Phi) is 4.66. The van der Waals surface area contributed by atoms with Crippen molar-refractivity contribution in [3.63, 3.8) is 0 Å². The molecular formula is C11H18O3. The molecule has 1 rings (SSSR count). The van der Waals surface area contributed by atoms with E-state index in [1.54, 1.807) is 6.92 Å². The molecule has 1 heterocycles. The van der Waals surface area contributed by atoms with Gasteiger partial charge in [-0.05, 0) is 13.3 Å². The molecular weight excluding hydrogens is 180 g/mol. The van der Waals surface area contributed by atoms with Gasteiger partial charge in [-0.3, -0.25) is 0 Å². The quantitative estimate of drug-likeness (QED) is 0.284. The molecule has 1 aliphatic heterocycles. The van der Waals surface area contributed by atoms with E-state index in [9.17, 15) is 4.79 Å². The van der Waals surface area contributed by atoms with Gasteiger partial charge in [0.2, 0.25) is 0 Å². The highest BCUT2D eigenvalue weighted by molar-refractivity contribution is 5.87. The van der Waals surface area contributed by atoms with E-state index in [0.717, 1.165) is 25.9 Å². The van der Waals surface area contributed by atoms with Gasteiger partial charge in [0.05, 0.1) is 6.61 Å². The summed E-state index contributed by atoms with van der Waals surface area (Å²) in [6, 6.07) is 0. The summed E-state index contributed by atoms with van der Waals surface area (Å²) in [5.41, 5.74) is 0.708. The van der Waals surface area contributed by atoms with Crippen molar-refractivity contribution < 1.29 is 14.3 Å². The average Bonchev–Trinajstić information content (AvgIpc) is 2.98. The SMILES string of the molecule is CCCCC=C(C)C(=O)OCC1CO1. The minimum atomic E-state index is -0.211. The van der Waals surface area contributed by atoms with E-state index in [2.05, 4.69) is 6.92 Å². The molecule has 0 aromatic heterocycles. The predicted molar refractivity (Wildman–Crippen MR) is 54.0 cm³/mol. The third kappa shape index (κ3) is 4.42. The van der Waals surface area contributed by atoms with Gasteiger partial charge in [-0.25, -0.2) is 4.79 Å². The second kappa shape index (κ2) is 5.81. The number of allylic oxidation sites excluding steroid dienone is 1. The number of unbranched alkanes of at least 4 members (excludes halogenated alkanes) is 2. The molecule has 14 heavy (non-hydrogen) atoms. The van der Waals surface area contributed by atoms with Crippen molar-refractivity contribution in [3.8, 4) is 0 Å². The van der Waals surface area contributed by atoms with Crippen LogP contribution in [0.25, 0.3) is 0 Å². The summed E-state index contributed by atoms with van der Waals surface area (Å²) in [5, 5.41) is 0. The van der Waals surface area contributed by atoms with Crippen LogP contribution in [0, 0.1) is 0 Å². The lowest BCUT2D eigenvalue weighted by atomic mass is 10.2. The number of epoxide rings is 1. The van der Waals surface area contributed by atoms with E-state index in [1.807, 2.05) is 6.08 Å². The van der Waals surface area contributed by atoms with E-state index in [0.29, 0.717) is 12.2 Å². The fourth-order valence-electron chi connectivity index (χ4n) is 1.05. The zero-order chi connectivity index (χ0) is 10.4. The maximum absolute atomic E-state index is 11.3. The molecule has 0 aliphatic carbocycles. The first-order valence-electron chi connectivity index (χ1n) is 5.19. The molecule has 0 saturated carbocycles. The van der Waals surface area contributed by atoms with Crippen molar-refractivity contribution in [1.82, 2.24) is 0 Å². The van der Waals surface area contributed by atoms with Crippen LogP contribution in [0.1, 0.15) is 33.1 Å². The number of carbonyl (C=O) groups is 1. The third-order valence-corrected chi connectivity index (χ3v) is 2.13. The van der Waals surface area contributed by atoms with Crippen LogP contribution in [0.15, 0.2) is 11.6 Å². The summed E-state index contributed by atoms with van der Waals surface area (Å²) in [7, 11) is 0. The summed E-state index contributed by atoms with van der Waals surface area (Å²) in [5.74, 6) is -0.211. The maximum atomic E-state index is 11.3. The molecule has 3 nitrogen and oxygen atoms in total. The number of hydrogen-bond acceptors (Lipinski definition) is 3. The first kappa shape index (κ1) is 11.2. The van der Waals surface area contributed by atoms with Crippen molar-refractivity contribution in [3.05, 3.63) is 11.6 Å². The van der Waals surface area contributed by atoms with Gasteiger partial charge >= 0.3 is 5.97 Å². The Balaban J connectivity index is 2.16. The number of hydrogen-bond donors (Lipinski definition) is 0. The summed E-state index contributed by atoms with van der Waals surface area (Å²) >= 11 is 0. The van der Waals surface area contributed by atoms with Crippen molar-refractivity contribution in [2.24, 2.45) is 0 Å².